The highest BCUT2D eigenvalue weighted by Crippen LogP contribution is 2.10. The van der Waals surface area contributed by atoms with Crippen molar-refractivity contribution in [1.82, 2.24) is 20.6 Å². The van der Waals surface area contributed by atoms with E-state index in [0.29, 0.717) is 18.5 Å². The first-order chi connectivity index (χ1) is 8.40. The number of methoxy groups -OCH3 is 1. The minimum Gasteiger partial charge on any atom is -0.480 e. The molecule has 94 valence electrons. The number of nitrogens with one attached hydrogen (secondary N) is 2. The van der Waals surface area contributed by atoms with Crippen molar-refractivity contribution in [3.8, 4) is 5.88 Å². The molecule has 1 aromatic heterocycles. The molecule has 0 saturated carbocycles. The molecule has 5 heteroatoms. The minimum atomic E-state index is 0.589. The molecule has 2 heterocycles. The Balaban J connectivity index is 1.77. The third-order valence-electron chi connectivity index (χ3n) is 3.02. The van der Waals surface area contributed by atoms with Gasteiger partial charge in [0.2, 0.25) is 5.88 Å². The lowest BCUT2D eigenvalue weighted by Gasteiger charge is -2.23. The van der Waals surface area contributed by atoms with Crippen LogP contribution in [0.3, 0.4) is 0 Å². The molecule has 1 fully saturated rings. The molecular weight excluding hydrogens is 216 g/mol. The molecule has 0 amide bonds. The van der Waals surface area contributed by atoms with Crippen LogP contribution in [0.2, 0.25) is 0 Å². The van der Waals surface area contributed by atoms with Crippen LogP contribution in [0.25, 0.3) is 0 Å². The van der Waals surface area contributed by atoms with Crippen LogP contribution < -0.4 is 15.4 Å². The summed E-state index contributed by atoms with van der Waals surface area (Å²) in [5, 5.41) is 6.91. The van der Waals surface area contributed by atoms with Crippen LogP contribution in [0.15, 0.2) is 12.4 Å². The second-order valence-electron chi connectivity index (χ2n) is 4.29. The van der Waals surface area contributed by atoms with Gasteiger partial charge in [-0.25, -0.2) is 4.98 Å². The summed E-state index contributed by atoms with van der Waals surface area (Å²) >= 11 is 0. The number of hydrogen-bond donors (Lipinski definition) is 2. The molecule has 17 heavy (non-hydrogen) atoms. The van der Waals surface area contributed by atoms with E-state index in [0.717, 1.165) is 18.8 Å². The SMILES string of the molecule is COc1nccnc1CNC[C@@H]1CCCCN1. The van der Waals surface area contributed by atoms with E-state index in [1.54, 1.807) is 19.5 Å². The lowest BCUT2D eigenvalue weighted by molar-refractivity contribution is 0.371. The lowest BCUT2D eigenvalue weighted by Crippen LogP contribution is -2.41. The normalized spacial score (nSPS) is 20.2. The van der Waals surface area contributed by atoms with Crippen molar-refractivity contribution in [3.63, 3.8) is 0 Å². The second-order valence-corrected chi connectivity index (χ2v) is 4.29. The Morgan fingerprint density at radius 3 is 3.06 bits per heavy atom. The fourth-order valence-corrected chi connectivity index (χ4v) is 2.11. The molecule has 5 nitrogen and oxygen atoms in total. The number of piperidine rings is 1. The van der Waals surface area contributed by atoms with Gasteiger partial charge in [-0.3, -0.25) is 4.98 Å². The Morgan fingerprint density at radius 1 is 1.41 bits per heavy atom. The van der Waals surface area contributed by atoms with Gasteiger partial charge in [-0.1, -0.05) is 6.42 Å². The van der Waals surface area contributed by atoms with Crippen LogP contribution >= 0.6 is 0 Å². The maximum Gasteiger partial charge on any atom is 0.236 e. The zero-order valence-electron chi connectivity index (χ0n) is 10.3. The van der Waals surface area contributed by atoms with E-state index >= 15 is 0 Å². The van der Waals surface area contributed by atoms with Crippen molar-refractivity contribution >= 4 is 0 Å². The monoisotopic (exact) mass is 236 g/mol. The van der Waals surface area contributed by atoms with Crippen LogP contribution in [0.1, 0.15) is 25.0 Å². The fourth-order valence-electron chi connectivity index (χ4n) is 2.11. The molecule has 2 rings (SSSR count). The van der Waals surface area contributed by atoms with Gasteiger partial charge >= 0.3 is 0 Å². The Morgan fingerprint density at radius 2 is 2.29 bits per heavy atom. The Hall–Kier alpha value is -1.20. The van der Waals surface area contributed by atoms with E-state index in [9.17, 15) is 0 Å². The molecule has 0 aliphatic carbocycles. The van der Waals surface area contributed by atoms with E-state index < -0.39 is 0 Å². The van der Waals surface area contributed by atoms with Gasteiger partial charge in [0.25, 0.3) is 0 Å². The Labute approximate surface area is 102 Å². The molecule has 0 aromatic carbocycles. The van der Waals surface area contributed by atoms with Gasteiger partial charge in [-0.15, -0.1) is 0 Å². The van der Waals surface area contributed by atoms with E-state index in [1.165, 1.54) is 19.3 Å². The highest BCUT2D eigenvalue weighted by Gasteiger charge is 2.12. The van der Waals surface area contributed by atoms with Gasteiger partial charge in [0.05, 0.1) is 7.11 Å². The third-order valence-corrected chi connectivity index (χ3v) is 3.02. The van der Waals surface area contributed by atoms with Gasteiger partial charge < -0.3 is 15.4 Å². The Bertz CT molecular complexity index is 339. The van der Waals surface area contributed by atoms with Crippen molar-refractivity contribution in [2.24, 2.45) is 0 Å². The fraction of sp³-hybridized carbons (Fsp3) is 0.667. The molecule has 0 bridgehead atoms. The summed E-state index contributed by atoms with van der Waals surface area (Å²) in [7, 11) is 1.62. The number of rotatable bonds is 5. The zero-order chi connectivity index (χ0) is 11.9. The van der Waals surface area contributed by atoms with Crippen molar-refractivity contribution in [3.05, 3.63) is 18.1 Å². The largest absolute Gasteiger partial charge is 0.480 e. The highest BCUT2D eigenvalue weighted by atomic mass is 16.5. The molecule has 0 unspecified atom stereocenters. The van der Waals surface area contributed by atoms with E-state index in [4.69, 9.17) is 4.74 Å². The number of hydrogen-bond acceptors (Lipinski definition) is 5. The van der Waals surface area contributed by atoms with Crippen LogP contribution in [0, 0.1) is 0 Å². The number of nitrogens with zero attached hydrogens (tertiary/aromatic N) is 2. The number of ether oxygens (including phenoxy) is 1. The van der Waals surface area contributed by atoms with Crippen molar-refractivity contribution in [1.29, 1.82) is 0 Å². The average Bonchev–Trinajstić information content (AvgIpc) is 2.40. The maximum atomic E-state index is 5.16. The quantitative estimate of drug-likeness (QED) is 0.789. The predicted octanol–water partition coefficient (Wildman–Crippen LogP) is 0.717. The molecular formula is C12H20N4O. The third kappa shape index (κ3) is 3.64. The summed E-state index contributed by atoms with van der Waals surface area (Å²) in [4.78, 5) is 8.38. The summed E-state index contributed by atoms with van der Waals surface area (Å²) in [6.45, 7) is 2.82. The van der Waals surface area contributed by atoms with Gasteiger partial charge in [-0.2, -0.15) is 0 Å². The molecule has 1 aromatic rings. The molecule has 1 atom stereocenters. The summed E-state index contributed by atoms with van der Waals surface area (Å²) in [6, 6.07) is 0.589. The molecule has 1 saturated heterocycles. The summed E-state index contributed by atoms with van der Waals surface area (Å²) in [6.07, 6.45) is 7.22. The zero-order valence-corrected chi connectivity index (χ0v) is 10.3. The molecule has 1 aliphatic rings. The highest BCUT2D eigenvalue weighted by molar-refractivity contribution is 5.16. The molecule has 2 N–H and O–H groups in total. The lowest BCUT2D eigenvalue weighted by atomic mass is 10.1. The van der Waals surface area contributed by atoms with Crippen molar-refractivity contribution < 1.29 is 4.74 Å². The standard InChI is InChI=1S/C12H20N4O/c1-17-12-11(15-6-7-16-12)9-13-8-10-4-2-3-5-14-10/h6-7,10,13-14H,2-5,8-9H2,1H3/t10-/m0/s1. The topological polar surface area (TPSA) is 59.1 Å². The van der Waals surface area contributed by atoms with Crippen molar-refractivity contribution in [2.45, 2.75) is 31.8 Å². The maximum absolute atomic E-state index is 5.16. The van der Waals surface area contributed by atoms with E-state index in [1.807, 2.05) is 0 Å². The first kappa shape index (κ1) is 12.3. The van der Waals surface area contributed by atoms with E-state index in [2.05, 4.69) is 20.6 Å². The summed E-state index contributed by atoms with van der Waals surface area (Å²) < 4.78 is 5.16. The van der Waals surface area contributed by atoms with Crippen LogP contribution in [-0.4, -0.2) is 36.2 Å². The minimum absolute atomic E-state index is 0.589. The molecule has 0 spiro atoms. The molecule has 1 aliphatic heterocycles. The number of aromatic nitrogens is 2. The van der Waals surface area contributed by atoms with Crippen LogP contribution in [-0.2, 0) is 6.54 Å². The molecule has 0 radical (unpaired) electrons. The van der Waals surface area contributed by atoms with E-state index in [-0.39, 0.29) is 0 Å². The van der Waals surface area contributed by atoms with Crippen LogP contribution in [0.5, 0.6) is 5.88 Å². The van der Waals surface area contributed by atoms with Gasteiger partial charge in [0, 0.05) is 31.5 Å². The summed E-state index contributed by atoms with van der Waals surface area (Å²) in [5.74, 6) is 0.608. The van der Waals surface area contributed by atoms with Gasteiger partial charge in [0.15, 0.2) is 0 Å². The summed E-state index contributed by atoms with van der Waals surface area (Å²) in [5.41, 5.74) is 0.866. The van der Waals surface area contributed by atoms with Crippen molar-refractivity contribution in [2.75, 3.05) is 20.2 Å². The van der Waals surface area contributed by atoms with Crippen LogP contribution in [0.4, 0.5) is 0 Å². The average molecular weight is 236 g/mol. The first-order valence-electron chi connectivity index (χ1n) is 6.18. The smallest absolute Gasteiger partial charge is 0.236 e. The van der Waals surface area contributed by atoms with Gasteiger partial charge in [0.1, 0.15) is 5.69 Å². The first-order valence-corrected chi connectivity index (χ1v) is 6.18. The Kier molecular flexibility index (Phi) is 4.70. The predicted molar refractivity (Wildman–Crippen MR) is 65.9 cm³/mol. The second kappa shape index (κ2) is 6.51. The van der Waals surface area contributed by atoms with Gasteiger partial charge in [-0.05, 0) is 19.4 Å².